The lowest BCUT2D eigenvalue weighted by atomic mass is 10.2. The molecule has 5 nitrogen and oxygen atoms in total. The van der Waals surface area contributed by atoms with Crippen LogP contribution in [0.25, 0.3) is 5.52 Å². The summed E-state index contributed by atoms with van der Waals surface area (Å²) in [5.74, 6) is 0. The molecule has 0 bridgehead atoms. The Morgan fingerprint density at radius 2 is 1.74 bits per heavy atom. The van der Waals surface area contributed by atoms with Gasteiger partial charge in [0.25, 0.3) is 10.0 Å². The first kappa shape index (κ1) is 15.3. The first-order valence-electron chi connectivity index (χ1n) is 6.39. The Hall–Kier alpha value is -2.55. The van der Waals surface area contributed by atoms with Crippen LogP contribution in [0.15, 0.2) is 59.8 Å². The van der Waals surface area contributed by atoms with Crippen molar-refractivity contribution in [2.45, 2.75) is 11.1 Å². The molecule has 0 spiro atoms. The number of aromatic nitrogens is 2. The second kappa shape index (κ2) is 5.27. The minimum absolute atomic E-state index is 0.251. The molecule has 2 heterocycles. The van der Waals surface area contributed by atoms with E-state index in [1.165, 1.54) is 6.07 Å². The third-order valence-corrected chi connectivity index (χ3v) is 4.54. The van der Waals surface area contributed by atoms with E-state index < -0.39 is 21.8 Å². The van der Waals surface area contributed by atoms with Crippen LogP contribution in [0.4, 0.5) is 18.9 Å². The normalized spacial score (nSPS) is 12.5. The highest BCUT2D eigenvalue weighted by Crippen LogP contribution is 2.30. The molecule has 9 heteroatoms. The Morgan fingerprint density at radius 3 is 2.39 bits per heavy atom. The molecule has 0 aliphatic rings. The van der Waals surface area contributed by atoms with E-state index in [4.69, 9.17) is 0 Å². The largest absolute Gasteiger partial charge is 0.416 e. The number of nitrogens with one attached hydrogen (secondary N) is 1. The number of hydrogen-bond acceptors (Lipinski definition) is 3. The summed E-state index contributed by atoms with van der Waals surface area (Å²) >= 11 is 0. The summed E-state index contributed by atoms with van der Waals surface area (Å²) in [6.07, 6.45) is -1.38. The average Bonchev–Trinajstić information content (AvgIpc) is 2.93. The minimum atomic E-state index is -4.51. The second-order valence-electron chi connectivity index (χ2n) is 4.74. The van der Waals surface area contributed by atoms with Gasteiger partial charge in [0.05, 0.1) is 21.7 Å². The van der Waals surface area contributed by atoms with E-state index in [2.05, 4.69) is 9.82 Å². The zero-order valence-corrected chi connectivity index (χ0v) is 12.3. The molecular formula is C14H10F3N3O2S. The number of sulfonamides is 1. The van der Waals surface area contributed by atoms with Gasteiger partial charge in [-0.3, -0.25) is 4.72 Å². The number of halogens is 3. The van der Waals surface area contributed by atoms with Gasteiger partial charge in [0.15, 0.2) is 0 Å². The topological polar surface area (TPSA) is 63.5 Å². The molecule has 1 N–H and O–H groups in total. The highest BCUT2D eigenvalue weighted by Gasteiger charge is 2.30. The van der Waals surface area contributed by atoms with Crippen molar-refractivity contribution in [3.05, 3.63) is 60.4 Å². The predicted molar refractivity (Wildman–Crippen MR) is 77.4 cm³/mol. The van der Waals surface area contributed by atoms with Gasteiger partial charge in [0, 0.05) is 12.4 Å². The maximum Gasteiger partial charge on any atom is 0.416 e. The summed E-state index contributed by atoms with van der Waals surface area (Å²) in [7, 11) is -3.97. The quantitative estimate of drug-likeness (QED) is 0.796. The SMILES string of the molecule is O=S(=O)(Nc1ccn2nccc2c1)c1ccc(C(F)(F)F)cc1. The lowest BCUT2D eigenvalue weighted by molar-refractivity contribution is -0.137. The van der Waals surface area contributed by atoms with Gasteiger partial charge in [0.1, 0.15) is 0 Å². The zero-order chi connectivity index (χ0) is 16.7. The monoisotopic (exact) mass is 341 g/mol. The number of fused-ring (bicyclic) bond motifs is 1. The Labute approximate surface area is 129 Å². The van der Waals surface area contributed by atoms with Crippen molar-refractivity contribution in [2.24, 2.45) is 0 Å². The molecule has 0 unspecified atom stereocenters. The summed E-state index contributed by atoms with van der Waals surface area (Å²) in [4.78, 5) is -0.251. The van der Waals surface area contributed by atoms with Crippen LogP contribution in [-0.4, -0.2) is 18.0 Å². The fraction of sp³-hybridized carbons (Fsp3) is 0.0714. The van der Waals surface area contributed by atoms with E-state index in [0.29, 0.717) is 5.52 Å². The number of rotatable bonds is 3. The number of anilines is 1. The Balaban J connectivity index is 1.88. The maximum absolute atomic E-state index is 12.5. The van der Waals surface area contributed by atoms with Crippen LogP contribution < -0.4 is 4.72 Å². The van der Waals surface area contributed by atoms with E-state index in [0.717, 1.165) is 24.3 Å². The van der Waals surface area contributed by atoms with Gasteiger partial charge in [-0.2, -0.15) is 18.3 Å². The van der Waals surface area contributed by atoms with Crippen molar-refractivity contribution in [3.63, 3.8) is 0 Å². The molecule has 1 aromatic carbocycles. The maximum atomic E-state index is 12.5. The average molecular weight is 341 g/mol. The van der Waals surface area contributed by atoms with E-state index in [1.54, 1.807) is 29.0 Å². The van der Waals surface area contributed by atoms with Gasteiger partial charge in [-0.1, -0.05) is 0 Å². The van der Waals surface area contributed by atoms with Gasteiger partial charge >= 0.3 is 6.18 Å². The molecule has 0 saturated carbocycles. The van der Waals surface area contributed by atoms with Crippen molar-refractivity contribution in [1.29, 1.82) is 0 Å². The fourth-order valence-electron chi connectivity index (χ4n) is 2.02. The lowest BCUT2D eigenvalue weighted by Crippen LogP contribution is -2.14. The molecule has 0 aliphatic heterocycles. The van der Waals surface area contributed by atoms with Crippen molar-refractivity contribution in [3.8, 4) is 0 Å². The zero-order valence-electron chi connectivity index (χ0n) is 11.4. The standard InChI is InChI=1S/C14H10F3N3O2S/c15-14(16,17)10-1-3-13(4-2-10)23(21,22)19-11-6-8-20-12(9-11)5-7-18-20/h1-9,19H. The van der Waals surface area contributed by atoms with Gasteiger partial charge in [0.2, 0.25) is 0 Å². The molecule has 23 heavy (non-hydrogen) atoms. The number of pyridine rings is 1. The van der Waals surface area contributed by atoms with E-state index in [9.17, 15) is 21.6 Å². The van der Waals surface area contributed by atoms with Crippen LogP contribution in [0, 0.1) is 0 Å². The van der Waals surface area contributed by atoms with Gasteiger partial charge < -0.3 is 0 Å². The van der Waals surface area contributed by atoms with E-state index in [-0.39, 0.29) is 10.6 Å². The fourth-order valence-corrected chi connectivity index (χ4v) is 3.07. The molecule has 0 atom stereocenters. The van der Waals surface area contributed by atoms with Crippen LogP contribution in [0.3, 0.4) is 0 Å². The highest BCUT2D eigenvalue weighted by atomic mass is 32.2. The molecule has 3 rings (SSSR count). The summed E-state index contributed by atoms with van der Waals surface area (Å²) < 4.78 is 65.8. The van der Waals surface area contributed by atoms with Crippen LogP contribution in [0.5, 0.6) is 0 Å². The Morgan fingerprint density at radius 1 is 1.04 bits per heavy atom. The second-order valence-corrected chi connectivity index (χ2v) is 6.43. The first-order chi connectivity index (χ1) is 10.8. The van der Waals surface area contributed by atoms with E-state index >= 15 is 0 Å². The Bertz CT molecular complexity index is 947. The smallest absolute Gasteiger partial charge is 0.279 e. The van der Waals surface area contributed by atoms with Crippen molar-refractivity contribution < 1.29 is 21.6 Å². The number of benzene rings is 1. The number of alkyl halides is 3. The van der Waals surface area contributed by atoms with Crippen molar-refractivity contribution in [1.82, 2.24) is 9.61 Å². The molecule has 0 fully saturated rings. The molecular weight excluding hydrogens is 331 g/mol. The summed E-state index contributed by atoms with van der Waals surface area (Å²) in [6.45, 7) is 0. The number of nitrogens with zero attached hydrogens (tertiary/aromatic N) is 2. The van der Waals surface area contributed by atoms with Crippen molar-refractivity contribution >= 4 is 21.2 Å². The van der Waals surface area contributed by atoms with Crippen molar-refractivity contribution in [2.75, 3.05) is 4.72 Å². The molecule has 0 saturated heterocycles. The summed E-state index contributed by atoms with van der Waals surface area (Å²) in [5.41, 5.74) is 0.0626. The van der Waals surface area contributed by atoms with Gasteiger partial charge in [-0.15, -0.1) is 0 Å². The minimum Gasteiger partial charge on any atom is -0.279 e. The van der Waals surface area contributed by atoms with Gasteiger partial charge in [-0.05, 0) is 42.5 Å². The van der Waals surface area contributed by atoms with Gasteiger partial charge in [-0.25, -0.2) is 12.9 Å². The van der Waals surface area contributed by atoms with E-state index in [1.807, 2.05) is 0 Å². The molecule has 0 amide bonds. The van der Waals surface area contributed by atoms with Crippen LogP contribution >= 0.6 is 0 Å². The summed E-state index contributed by atoms with van der Waals surface area (Å²) in [5, 5.41) is 3.98. The molecule has 3 aromatic rings. The summed E-state index contributed by atoms with van der Waals surface area (Å²) in [6, 6.07) is 8.06. The number of hydrogen-bond donors (Lipinski definition) is 1. The van der Waals surface area contributed by atoms with Crippen LogP contribution in [-0.2, 0) is 16.2 Å². The molecule has 0 radical (unpaired) electrons. The first-order valence-corrected chi connectivity index (χ1v) is 7.87. The third kappa shape index (κ3) is 3.14. The molecule has 2 aromatic heterocycles. The molecule has 120 valence electrons. The third-order valence-electron chi connectivity index (χ3n) is 3.14. The Kier molecular flexibility index (Phi) is 3.52. The van der Waals surface area contributed by atoms with Crippen LogP contribution in [0.1, 0.15) is 5.56 Å². The highest BCUT2D eigenvalue weighted by molar-refractivity contribution is 7.92. The predicted octanol–water partition coefficient (Wildman–Crippen LogP) is 3.15. The van der Waals surface area contributed by atoms with Crippen LogP contribution in [0.2, 0.25) is 0 Å². The molecule has 0 aliphatic carbocycles. The lowest BCUT2D eigenvalue weighted by Gasteiger charge is -2.10.